The molecule has 0 bridgehead atoms. The van der Waals surface area contributed by atoms with Crippen LogP contribution in [-0.2, 0) is 0 Å². The SMILES string of the molecule is NCC(c1cccc(F)c1)C(O)c1ccncc1. The summed E-state index contributed by atoms with van der Waals surface area (Å²) in [4.78, 5) is 3.90. The number of rotatable bonds is 4. The van der Waals surface area contributed by atoms with Gasteiger partial charge in [0.1, 0.15) is 5.82 Å². The molecule has 0 amide bonds. The second kappa shape index (κ2) is 5.71. The van der Waals surface area contributed by atoms with Crippen molar-refractivity contribution < 1.29 is 9.50 Å². The minimum absolute atomic E-state index is 0.243. The van der Waals surface area contributed by atoms with Gasteiger partial charge in [0.15, 0.2) is 0 Å². The first-order chi connectivity index (χ1) is 8.72. The van der Waals surface area contributed by atoms with Crippen LogP contribution in [0.5, 0.6) is 0 Å². The van der Waals surface area contributed by atoms with Crippen LogP contribution >= 0.6 is 0 Å². The highest BCUT2D eigenvalue weighted by molar-refractivity contribution is 5.26. The largest absolute Gasteiger partial charge is 0.388 e. The molecule has 0 fully saturated rings. The molecule has 1 aromatic heterocycles. The summed E-state index contributed by atoms with van der Waals surface area (Å²) in [7, 11) is 0. The molecule has 94 valence electrons. The van der Waals surface area contributed by atoms with Crippen LogP contribution in [0.2, 0.25) is 0 Å². The molecule has 0 aliphatic heterocycles. The Hall–Kier alpha value is -1.78. The molecule has 0 aliphatic carbocycles. The van der Waals surface area contributed by atoms with Gasteiger partial charge < -0.3 is 10.8 Å². The molecular weight excluding hydrogens is 231 g/mol. The lowest BCUT2D eigenvalue weighted by molar-refractivity contribution is 0.147. The van der Waals surface area contributed by atoms with E-state index in [4.69, 9.17) is 5.73 Å². The Morgan fingerprint density at radius 1 is 1.17 bits per heavy atom. The lowest BCUT2D eigenvalue weighted by Crippen LogP contribution is -2.20. The summed E-state index contributed by atoms with van der Waals surface area (Å²) in [6.07, 6.45) is 2.45. The number of aliphatic hydroxyl groups excluding tert-OH is 1. The molecule has 2 atom stereocenters. The number of hydrogen-bond acceptors (Lipinski definition) is 3. The van der Waals surface area contributed by atoms with Crippen molar-refractivity contribution in [1.29, 1.82) is 0 Å². The third kappa shape index (κ3) is 2.72. The van der Waals surface area contributed by atoms with Gasteiger partial charge in [-0.15, -0.1) is 0 Å². The van der Waals surface area contributed by atoms with Gasteiger partial charge >= 0.3 is 0 Å². The summed E-state index contributed by atoms with van der Waals surface area (Å²) >= 11 is 0. The van der Waals surface area contributed by atoms with Crippen LogP contribution in [0.3, 0.4) is 0 Å². The van der Waals surface area contributed by atoms with Crippen LogP contribution in [0.15, 0.2) is 48.8 Å². The second-order valence-electron chi connectivity index (χ2n) is 4.12. The van der Waals surface area contributed by atoms with E-state index in [9.17, 15) is 9.50 Å². The van der Waals surface area contributed by atoms with Gasteiger partial charge in [0.05, 0.1) is 6.10 Å². The quantitative estimate of drug-likeness (QED) is 0.867. The van der Waals surface area contributed by atoms with Gasteiger partial charge in [-0.3, -0.25) is 4.98 Å². The van der Waals surface area contributed by atoms with Crippen LogP contribution in [0.1, 0.15) is 23.1 Å². The fourth-order valence-corrected chi connectivity index (χ4v) is 1.98. The molecule has 2 rings (SSSR count). The first-order valence-electron chi connectivity index (χ1n) is 5.76. The van der Waals surface area contributed by atoms with Crippen molar-refractivity contribution in [1.82, 2.24) is 4.98 Å². The molecule has 18 heavy (non-hydrogen) atoms. The summed E-state index contributed by atoms with van der Waals surface area (Å²) in [5.74, 6) is -0.657. The van der Waals surface area contributed by atoms with E-state index in [0.29, 0.717) is 5.56 Å². The van der Waals surface area contributed by atoms with Crippen molar-refractivity contribution in [3.8, 4) is 0 Å². The third-order valence-electron chi connectivity index (χ3n) is 2.96. The predicted molar refractivity (Wildman–Crippen MR) is 67.4 cm³/mol. The highest BCUT2D eigenvalue weighted by Crippen LogP contribution is 2.29. The van der Waals surface area contributed by atoms with E-state index in [1.165, 1.54) is 12.1 Å². The standard InChI is InChI=1S/C14H15FN2O/c15-12-3-1-2-11(8-12)13(9-16)14(18)10-4-6-17-7-5-10/h1-8,13-14,18H,9,16H2. The van der Waals surface area contributed by atoms with Crippen molar-refractivity contribution in [3.05, 3.63) is 65.7 Å². The highest BCUT2D eigenvalue weighted by Gasteiger charge is 2.21. The van der Waals surface area contributed by atoms with E-state index >= 15 is 0 Å². The molecule has 3 nitrogen and oxygen atoms in total. The van der Waals surface area contributed by atoms with Crippen LogP contribution in [0.25, 0.3) is 0 Å². The Morgan fingerprint density at radius 2 is 1.89 bits per heavy atom. The van der Waals surface area contributed by atoms with Crippen molar-refractivity contribution >= 4 is 0 Å². The van der Waals surface area contributed by atoms with E-state index in [0.717, 1.165) is 5.56 Å². The zero-order chi connectivity index (χ0) is 13.0. The van der Waals surface area contributed by atoms with E-state index in [-0.39, 0.29) is 18.3 Å². The smallest absolute Gasteiger partial charge is 0.123 e. The van der Waals surface area contributed by atoms with Crippen molar-refractivity contribution in [3.63, 3.8) is 0 Å². The Kier molecular flexibility index (Phi) is 4.02. The number of nitrogens with two attached hydrogens (primary N) is 1. The molecule has 1 heterocycles. The minimum Gasteiger partial charge on any atom is -0.388 e. The first-order valence-corrected chi connectivity index (χ1v) is 5.76. The number of nitrogens with zero attached hydrogens (tertiary/aromatic N) is 1. The van der Waals surface area contributed by atoms with E-state index < -0.39 is 6.10 Å². The maximum Gasteiger partial charge on any atom is 0.123 e. The van der Waals surface area contributed by atoms with Gasteiger partial charge in [0.2, 0.25) is 0 Å². The van der Waals surface area contributed by atoms with E-state index in [2.05, 4.69) is 4.98 Å². The van der Waals surface area contributed by atoms with Crippen molar-refractivity contribution in [2.24, 2.45) is 5.73 Å². The maximum atomic E-state index is 13.2. The van der Waals surface area contributed by atoms with Gasteiger partial charge in [-0.05, 0) is 35.4 Å². The molecule has 0 radical (unpaired) electrons. The summed E-state index contributed by atoms with van der Waals surface area (Å²) in [5.41, 5.74) is 7.12. The number of hydrogen-bond donors (Lipinski definition) is 2. The molecule has 2 aromatic rings. The predicted octanol–water partition coefficient (Wildman–Crippen LogP) is 2.00. The Morgan fingerprint density at radius 3 is 2.50 bits per heavy atom. The maximum absolute atomic E-state index is 13.2. The summed E-state index contributed by atoms with van der Waals surface area (Å²) in [6.45, 7) is 0.243. The molecule has 4 heteroatoms. The third-order valence-corrected chi connectivity index (χ3v) is 2.96. The monoisotopic (exact) mass is 246 g/mol. The van der Waals surface area contributed by atoms with Crippen molar-refractivity contribution in [2.45, 2.75) is 12.0 Å². The topological polar surface area (TPSA) is 59.1 Å². The minimum atomic E-state index is -0.764. The molecular formula is C14H15FN2O. The van der Waals surface area contributed by atoms with Crippen LogP contribution in [0, 0.1) is 5.82 Å². The van der Waals surface area contributed by atoms with Gasteiger partial charge in [-0.25, -0.2) is 4.39 Å². The average Bonchev–Trinajstić information content (AvgIpc) is 2.40. The van der Waals surface area contributed by atoms with E-state index in [1.54, 1.807) is 36.7 Å². The zero-order valence-electron chi connectivity index (χ0n) is 9.83. The van der Waals surface area contributed by atoms with Crippen LogP contribution in [0.4, 0.5) is 4.39 Å². The molecule has 0 saturated carbocycles. The molecule has 0 saturated heterocycles. The fraction of sp³-hybridized carbons (Fsp3) is 0.214. The lowest BCUT2D eigenvalue weighted by atomic mass is 9.89. The molecule has 2 unspecified atom stereocenters. The number of halogens is 1. The highest BCUT2D eigenvalue weighted by atomic mass is 19.1. The summed E-state index contributed by atoms with van der Waals surface area (Å²) < 4.78 is 13.2. The molecule has 0 spiro atoms. The van der Waals surface area contributed by atoms with Crippen LogP contribution < -0.4 is 5.73 Å². The van der Waals surface area contributed by atoms with Crippen LogP contribution in [-0.4, -0.2) is 16.6 Å². The molecule has 3 N–H and O–H groups in total. The van der Waals surface area contributed by atoms with Gasteiger partial charge in [-0.2, -0.15) is 0 Å². The van der Waals surface area contributed by atoms with Gasteiger partial charge in [0.25, 0.3) is 0 Å². The normalized spacial score (nSPS) is 14.2. The van der Waals surface area contributed by atoms with Crippen molar-refractivity contribution in [2.75, 3.05) is 6.54 Å². The van der Waals surface area contributed by atoms with Gasteiger partial charge in [0, 0.05) is 24.9 Å². The number of benzene rings is 1. The number of pyridine rings is 1. The van der Waals surface area contributed by atoms with E-state index in [1.807, 2.05) is 0 Å². The Labute approximate surface area is 105 Å². The first kappa shape index (κ1) is 12.7. The number of aromatic nitrogens is 1. The van der Waals surface area contributed by atoms with Gasteiger partial charge in [-0.1, -0.05) is 12.1 Å². The molecule has 0 aliphatic rings. The average molecular weight is 246 g/mol. The number of aliphatic hydroxyl groups is 1. The fourth-order valence-electron chi connectivity index (χ4n) is 1.98. The molecule has 1 aromatic carbocycles. The summed E-state index contributed by atoms with van der Waals surface area (Å²) in [6, 6.07) is 9.62. The lowest BCUT2D eigenvalue weighted by Gasteiger charge is -2.22. The zero-order valence-corrected chi connectivity index (χ0v) is 9.83. The Balaban J connectivity index is 2.29. The Bertz CT molecular complexity index is 504. The summed E-state index contributed by atoms with van der Waals surface area (Å²) in [5, 5.41) is 10.3. The second-order valence-corrected chi connectivity index (χ2v) is 4.12.